The summed E-state index contributed by atoms with van der Waals surface area (Å²) in [7, 11) is 1.89. The number of aromatic nitrogens is 2. The van der Waals surface area contributed by atoms with Gasteiger partial charge in [-0.3, -0.25) is 4.68 Å². The van der Waals surface area contributed by atoms with Crippen molar-refractivity contribution in [3.8, 4) is 21.7 Å². The minimum atomic E-state index is 0.710. The second kappa shape index (κ2) is 4.80. The summed E-state index contributed by atoms with van der Waals surface area (Å²) >= 11 is 1.69. The maximum atomic E-state index is 6.22. The van der Waals surface area contributed by atoms with E-state index in [-0.39, 0.29) is 0 Å². The van der Waals surface area contributed by atoms with Crippen LogP contribution in [0.5, 0.6) is 0 Å². The predicted octanol–water partition coefficient (Wildman–Crippen LogP) is 4.01. The van der Waals surface area contributed by atoms with Gasteiger partial charge in [0.25, 0.3) is 0 Å². The van der Waals surface area contributed by atoms with Gasteiger partial charge in [0, 0.05) is 17.5 Å². The molecule has 0 amide bonds. The third-order valence-corrected chi connectivity index (χ3v) is 4.24. The van der Waals surface area contributed by atoms with E-state index in [0.29, 0.717) is 5.82 Å². The van der Waals surface area contributed by atoms with Crippen LogP contribution in [-0.4, -0.2) is 9.78 Å². The van der Waals surface area contributed by atoms with Crippen LogP contribution >= 0.6 is 11.3 Å². The predicted molar refractivity (Wildman–Crippen MR) is 85.8 cm³/mol. The van der Waals surface area contributed by atoms with Crippen LogP contribution in [-0.2, 0) is 7.05 Å². The summed E-state index contributed by atoms with van der Waals surface area (Å²) in [6, 6.07) is 10.6. The number of rotatable bonds is 2. The van der Waals surface area contributed by atoms with Gasteiger partial charge in [-0.15, -0.1) is 11.3 Å². The van der Waals surface area contributed by atoms with Crippen molar-refractivity contribution in [1.29, 1.82) is 0 Å². The zero-order chi connectivity index (χ0) is 14.3. The fourth-order valence-corrected chi connectivity index (χ4v) is 3.29. The molecule has 1 aromatic carbocycles. The van der Waals surface area contributed by atoms with E-state index in [1.165, 1.54) is 11.1 Å². The largest absolute Gasteiger partial charge is 0.383 e. The summed E-state index contributed by atoms with van der Waals surface area (Å²) in [5, 5.41) is 6.68. The van der Waals surface area contributed by atoms with Crippen LogP contribution in [0.1, 0.15) is 11.1 Å². The van der Waals surface area contributed by atoms with Crippen LogP contribution in [0.25, 0.3) is 21.7 Å². The quantitative estimate of drug-likeness (QED) is 0.772. The highest BCUT2D eigenvalue weighted by Gasteiger charge is 2.18. The molecule has 0 fully saturated rings. The molecule has 2 aromatic heterocycles. The first-order valence-electron chi connectivity index (χ1n) is 6.51. The van der Waals surface area contributed by atoms with Crippen LogP contribution < -0.4 is 5.73 Å². The number of thiophene rings is 1. The molecule has 20 heavy (non-hydrogen) atoms. The maximum absolute atomic E-state index is 6.22. The van der Waals surface area contributed by atoms with Gasteiger partial charge in [-0.1, -0.05) is 23.3 Å². The second-order valence-electron chi connectivity index (χ2n) is 5.09. The molecule has 2 N–H and O–H groups in total. The minimum Gasteiger partial charge on any atom is -0.383 e. The Labute approximate surface area is 122 Å². The highest BCUT2D eigenvalue weighted by atomic mass is 32.1. The normalized spacial score (nSPS) is 10.9. The number of nitrogens with zero attached hydrogens (tertiary/aromatic N) is 2. The summed E-state index contributed by atoms with van der Waals surface area (Å²) in [5.41, 5.74) is 11.8. The van der Waals surface area contributed by atoms with E-state index in [2.05, 4.69) is 48.6 Å². The second-order valence-corrected chi connectivity index (χ2v) is 6.03. The minimum absolute atomic E-state index is 0.710. The Balaban J connectivity index is 2.26. The number of aryl methyl sites for hydroxylation is 3. The molecule has 0 radical (unpaired) electrons. The van der Waals surface area contributed by atoms with Gasteiger partial charge >= 0.3 is 0 Å². The number of anilines is 1. The summed E-state index contributed by atoms with van der Waals surface area (Å²) in [4.78, 5) is 1.16. The Morgan fingerprint density at radius 3 is 2.45 bits per heavy atom. The van der Waals surface area contributed by atoms with Gasteiger partial charge in [0.05, 0.1) is 5.56 Å². The maximum Gasteiger partial charge on any atom is 0.130 e. The Morgan fingerprint density at radius 1 is 1.15 bits per heavy atom. The Bertz CT molecular complexity index is 734. The van der Waals surface area contributed by atoms with E-state index in [9.17, 15) is 0 Å². The van der Waals surface area contributed by atoms with Gasteiger partial charge in [-0.2, -0.15) is 5.10 Å². The van der Waals surface area contributed by atoms with Crippen molar-refractivity contribution >= 4 is 17.2 Å². The topological polar surface area (TPSA) is 43.8 Å². The van der Waals surface area contributed by atoms with Crippen LogP contribution in [0.3, 0.4) is 0 Å². The van der Waals surface area contributed by atoms with Crippen LogP contribution in [0, 0.1) is 13.8 Å². The number of nitrogen functional groups attached to an aromatic ring is 1. The van der Waals surface area contributed by atoms with E-state index in [0.717, 1.165) is 21.7 Å². The third-order valence-electron chi connectivity index (χ3n) is 3.35. The standard InChI is InChI=1S/C16H17N3S/c1-10-7-11(2)9-12(8-10)15-14(13-5-4-6-20-13)16(17)19(3)18-15/h4-9H,17H2,1-3H3. The van der Waals surface area contributed by atoms with Crippen molar-refractivity contribution in [2.75, 3.05) is 5.73 Å². The smallest absolute Gasteiger partial charge is 0.130 e. The highest BCUT2D eigenvalue weighted by Crippen LogP contribution is 2.38. The molecular weight excluding hydrogens is 266 g/mol. The molecule has 0 saturated heterocycles. The zero-order valence-electron chi connectivity index (χ0n) is 11.8. The van der Waals surface area contributed by atoms with Crippen molar-refractivity contribution in [1.82, 2.24) is 9.78 Å². The lowest BCUT2D eigenvalue weighted by Gasteiger charge is -2.05. The first kappa shape index (κ1) is 12.9. The number of hydrogen-bond donors (Lipinski definition) is 1. The zero-order valence-corrected chi connectivity index (χ0v) is 12.7. The Hall–Kier alpha value is -2.07. The first-order chi connectivity index (χ1) is 9.56. The summed E-state index contributed by atoms with van der Waals surface area (Å²) in [6.45, 7) is 4.21. The van der Waals surface area contributed by atoms with Gasteiger partial charge in [0.15, 0.2) is 0 Å². The molecule has 0 aliphatic carbocycles. The van der Waals surface area contributed by atoms with E-state index >= 15 is 0 Å². The number of nitrogens with two attached hydrogens (primary N) is 1. The third kappa shape index (κ3) is 2.12. The molecule has 0 aliphatic rings. The molecule has 0 unspecified atom stereocenters. The molecule has 4 heteroatoms. The fraction of sp³-hybridized carbons (Fsp3) is 0.188. The lowest BCUT2D eigenvalue weighted by Crippen LogP contribution is -1.97. The summed E-state index contributed by atoms with van der Waals surface area (Å²) in [5.74, 6) is 0.710. The monoisotopic (exact) mass is 283 g/mol. The lowest BCUT2D eigenvalue weighted by molar-refractivity contribution is 0.782. The van der Waals surface area contributed by atoms with Crippen molar-refractivity contribution in [2.24, 2.45) is 7.05 Å². The van der Waals surface area contributed by atoms with Crippen LogP contribution in [0.15, 0.2) is 35.7 Å². The van der Waals surface area contributed by atoms with Crippen LogP contribution in [0.4, 0.5) is 5.82 Å². The van der Waals surface area contributed by atoms with Gasteiger partial charge in [-0.05, 0) is 37.4 Å². The first-order valence-corrected chi connectivity index (χ1v) is 7.39. The summed E-state index contributed by atoms with van der Waals surface area (Å²) in [6.07, 6.45) is 0. The average molecular weight is 283 g/mol. The molecule has 3 rings (SSSR count). The Morgan fingerprint density at radius 2 is 1.85 bits per heavy atom. The lowest BCUT2D eigenvalue weighted by atomic mass is 10.0. The highest BCUT2D eigenvalue weighted by molar-refractivity contribution is 7.13. The molecule has 0 atom stereocenters. The average Bonchev–Trinajstić information content (AvgIpc) is 2.98. The molecular formula is C16H17N3S. The van der Waals surface area contributed by atoms with Gasteiger partial charge in [0.1, 0.15) is 11.5 Å². The molecule has 2 heterocycles. The number of hydrogen-bond acceptors (Lipinski definition) is 3. The molecule has 3 aromatic rings. The summed E-state index contributed by atoms with van der Waals surface area (Å²) < 4.78 is 1.75. The molecule has 0 spiro atoms. The van der Waals surface area contributed by atoms with Gasteiger partial charge in [0.2, 0.25) is 0 Å². The van der Waals surface area contributed by atoms with Gasteiger partial charge < -0.3 is 5.73 Å². The van der Waals surface area contributed by atoms with E-state index in [1.54, 1.807) is 16.0 Å². The molecule has 0 aliphatic heterocycles. The van der Waals surface area contributed by atoms with E-state index in [1.807, 2.05) is 13.1 Å². The van der Waals surface area contributed by atoms with Crippen molar-refractivity contribution < 1.29 is 0 Å². The van der Waals surface area contributed by atoms with E-state index in [4.69, 9.17) is 5.73 Å². The van der Waals surface area contributed by atoms with Crippen LogP contribution in [0.2, 0.25) is 0 Å². The van der Waals surface area contributed by atoms with E-state index < -0.39 is 0 Å². The fourth-order valence-electron chi connectivity index (χ4n) is 2.51. The van der Waals surface area contributed by atoms with Gasteiger partial charge in [-0.25, -0.2) is 0 Å². The SMILES string of the molecule is Cc1cc(C)cc(-c2nn(C)c(N)c2-c2cccs2)c1. The molecule has 0 saturated carbocycles. The van der Waals surface area contributed by atoms with Crippen molar-refractivity contribution in [3.05, 3.63) is 46.8 Å². The number of benzene rings is 1. The molecule has 0 bridgehead atoms. The molecule has 3 nitrogen and oxygen atoms in total. The molecule has 102 valence electrons. The Kier molecular flexibility index (Phi) is 3.10. The van der Waals surface area contributed by atoms with Crippen molar-refractivity contribution in [2.45, 2.75) is 13.8 Å². The van der Waals surface area contributed by atoms with Crippen molar-refractivity contribution in [3.63, 3.8) is 0 Å².